The minimum atomic E-state index is -0.490. The molecule has 5 heteroatoms. The number of rotatable bonds is 4. The lowest BCUT2D eigenvalue weighted by Crippen LogP contribution is -2.42. The van der Waals surface area contributed by atoms with E-state index in [9.17, 15) is 9.59 Å². The summed E-state index contributed by atoms with van der Waals surface area (Å²) in [5, 5.41) is 0. The van der Waals surface area contributed by atoms with Gasteiger partial charge in [0.05, 0.1) is 6.04 Å². The van der Waals surface area contributed by atoms with Gasteiger partial charge in [0.15, 0.2) is 0 Å². The lowest BCUT2D eigenvalue weighted by molar-refractivity contribution is -0.130. The third-order valence-electron chi connectivity index (χ3n) is 4.19. The Hall–Kier alpha value is -1.36. The Balaban J connectivity index is 1.63. The van der Waals surface area contributed by atoms with Crippen molar-refractivity contribution in [2.24, 2.45) is 5.92 Å². The summed E-state index contributed by atoms with van der Waals surface area (Å²) >= 11 is 3.53. The number of hydrogen-bond acceptors (Lipinski definition) is 3. The summed E-state index contributed by atoms with van der Waals surface area (Å²) < 4.78 is 5.08. The van der Waals surface area contributed by atoms with Crippen LogP contribution in [0.5, 0.6) is 0 Å². The molecule has 1 aliphatic heterocycles. The zero-order valence-corrected chi connectivity index (χ0v) is 13.3. The number of hydrogen-bond donors (Lipinski definition) is 0. The van der Waals surface area contributed by atoms with Crippen LogP contribution in [0.25, 0.3) is 0 Å². The van der Waals surface area contributed by atoms with Crippen molar-refractivity contribution >= 4 is 27.9 Å². The van der Waals surface area contributed by atoms with Crippen molar-refractivity contribution in [3.63, 3.8) is 0 Å². The Morgan fingerprint density at radius 3 is 2.67 bits per heavy atom. The predicted octanol–water partition coefficient (Wildman–Crippen LogP) is 3.14. The Bertz CT molecular complexity index is 528. The molecule has 0 radical (unpaired) electrons. The van der Waals surface area contributed by atoms with Gasteiger partial charge >= 0.3 is 6.09 Å². The van der Waals surface area contributed by atoms with Crippen molar-refractivity contribution in [2.45, 2.75) is 36.6 Å². The third-order valence-corrected chi connectivity index (χ3v) is 4.93. The number of benzene rings is 1. The molecule has 0 unspecified atom stereocenters. The number of amides is 2. The van der Waals surface area contributed by atoms with Crippen molar-refractivity contribution in [1.82, 2.24) is 4.90 Å². The molecule has 2 aliphatic rings. The quantitative estimate of drug-likeness (QED) is 0.782. The number of carbonyl (C=O) groups is 2. The van der Waals surface area contributed by atoms with Gasteiger partial charge in [-0.2, -0.15) is 0 Å². The second kappa shape index (κ2) is 6.18. The van der Waals surface area contributed by atoms with Gasteiger partial charge in [-0.05, 0) is 30.7 Å². The van der Waals surface area contributed by atoms with Crippen LogP contribution in [0.2, 0.25) is 0 Å². The van der Waals surface area contributed by atoms with Crippen LogP contribution in [0.4, 0.5) is 4.79 Å². The number of cyclic esters (lactones) is 1. The molecule has 21 heavy (non-hydrogen) atoms. The minimum absolute atomic E-state index is 0.0946. The third kappa shape index (κ3) is 3.28. The van der Waals surface area contributed by atoms with Gasteiger partial charge in [-0.25, -0.2) is 9.69 Å². The average molecular weight is 352 g/mol. The van der Waals surface area contributed by atoms with Gasteiger partial charge in [0.2, 0.25) is 5.91 Å². The summed E-state index contributed by atoms with van der Waals surface area (Å²) in [6.07, 6.45) is 2.64. The topological polar surface area (TPSA) is 46.6 Å². The Kier molecular flexibility index (Phi) is 4.29. The van der Waals surface area contributed by atoms with E-state index in [-0.39, 0.29) is 11.9 Å². The van der Waals surface area contributed by atoms with Gasteiger partial charge in [-0.15, -0.1) is 0 Å². The van der Waals surface area contributed by atoms with Gasteiger partial charge < -0.3 is 4.74 Å². The van der Waals surface area contributed by atoms with Gasteiger partial charge in [0, 0.05) is 11.2 Å². The molecule has 0 N–H and O–H groups in total. The normalized spacial score (nSPS) is 28.1. The Labute approximate surface area is 132 Å². The van der Waals surface area contributed by atoms with E-state index in [4.69, 9.17) is 4.74 Å². The number of ether oxygens (including phenoxy) is 1. The largest absolute Gasteiger partial charge is 0.447 e. The van der Waals surface area contributed by atoms with Crippen molar-refractivity contribution in [3.8, 4) is 0 Å². The van der Waals surface area contributed by atoms with E-state index in [0.29, 0.717) is 30.2 Å². The van der Waals surface area contributed by atoms with Gasteiger partial charge in [-0.3, -0.25) is 4.79 Å². The summed E-state index contributed by atoms with van der Waals surface area (Å²) in [6.45, 7) is 0.297. The van der Waals surface area contributed by atoms with E-state index < -0.39 is 6.09 Å². The number of imide groups is 1. The second-order valence-electron chi connectivity index (χ2n) is 5.82. The van der Waals surface area contributed by atoms with Crippen molar-refractivity contribution < 1.29 is 14.3 Å². The second-order valence-corrected chi connectivity index (χ2v) is 7.12. The number of carbonyl (C=O) groups excluding carboxylic acids is 2. The van der Waals surface area contributed by atoms with Crippen LogP contribution in [0.1, 0.15) is 24.8 Å². The number of alkyl halides is 1. The van der Waals surface area contributed by atoms with Crippen LogP contribution in [0.3, 0.4) is 0 Å². The maximum atomic E-state index is 12.4. The standard InChI is InChI=1S/C16H18BrNO3/c17-13-6-12(7-13)9-15(19)18-14(10-21-16(18)20)8-11-4-2-1-3-5-11/h1-5,12-14H,6-10H2/t12?,13?,14-/m0/s1. The minimum Gasteiger partial charge on any atom is -0.447 e. The maximum Gasteiger partial charge on any atom is 0.416 e. The highest BCUT2D eigenvalue weighted by molar-refractivity contribution is 9.09. The summed E-state index contributed by atoms with van der Waals surface area (Å²) in [7, 11) is 0. The van der Waals surface area contributed by atoms with E-state index in [2.05, 4.69) is 15.9 Å². The zero-order chi connectivity index (χ0) is 14.8. The van der Waals surface area contributed by atoms with Crippen molar-refractivity contribution in [3.05, 3.63) is 35.9 Å². The summed E-state index contributed by atoms with van der Waals surface area (Å²) in [6, 6.07) is 9.72. The molecule has 1 heterocycles. The van der Waals surface area contributed by atoms with Crippen LogP contribution in [-0.4, -0.2) is 34.4 Å². The lowest BCUT2D eigenvalue weighted by Gasteiger charge is -2.32. The molecule has 0 bridgehead atoms. The van der Waals surface area contributed by atoms with Crippen LogP contribution >= 0.6 is 15.9 Å². The molecule has 2 amide bonds. The van der Waals surface area contributed by atoms with E-state index in [1.165, 1.54) is 4.90 Å². The molecule has 3 rings (SSSR count). The van der Waals surface area contributed by atoms with E-state index >= 15 is 0 Å². The van der Waals surface area contributed by atoms with Crippen LogP contribution < -0.4 is 0 Å². The molecule has 1 saturated carbocycles. The molecule has 1 aromatic carbocycles. The highest BCUT2D eigenvalue weighted by Crippen LogP contribution is 2.36. The number of halogens is 1. The van der Waals surface area contributed by atoms with E-state index in [0.717, 1.165) is 18.4 Å². The summed E-state index contributed by atoms with van der Waals surface area (Å²) in [5.41, 5.74) is 1.11. The number of nitrogens with zero attached hydrogens (tertiary/aromatic N) is 1. The monoisotopic (exact) mass is 351 g/mol. The highest BCUT2D eigenvalue weighted by atomic mass is 79.9. The van der Waals surface area contributed by atoms with Crippen molar-refractivity contribution in [2.75, 3.05) is 6.61 Å². The first kappa shape index (κ1) is 14.6. The first-order valence-electron chi connectivity index (χ1n) is 7.30. The first-order valence-corrected chi connectivity index (χ1v) is 8.22. The fourth-order valence-corrected chi connectivity index (χ4v) is 4.03. The van der Waals surface area contributed by atoms with Gasteiger partial charge in [-0.1, -0.05) is 46.3 Å². The van der Waals surface area contributed by atoms with Crippen LogP contribution in [0, 0.1) is 5.92 Å². The van der Waals surface area contributed by atoms with E-state index in [1.807, 2.05) is 30.3 Å². The fraction of sp³-hybridized carbons (Fsp3) is 0.500. The molecule has 2 fully saturated rings. The van der Waals surface area contributed by atoms with Crippen LogP contribution in [-0.2, 0) is 16.0 Å². The zero-order valence-electron chi connectivity index (χ0n) is 11.7. The molecule has 1 aliphatic carbocycles. The lowest BCUT2D eigenvalue weighted by atomic mass is 9.82. The Morgan fingerprint density at radius 2 is 2.00 bits per heavy atom. The molecular formula is C16H18BrNO3. The predicted molar refractivity (Wildman–Crippen MR) is 82.2 cm³/mol. The first-order chi connectivity index (χ1) is 10.1. The van der Waals surface area contributed by atoms with E-state index in [1.54, 1.807) is 0 Å². The average Bonchev–Trinajstić information content (AvgIpc) is 2.79. The summed E-state index contributed by atoms with van der Waals surface area (Å²) in [4.78, 5) is 26.1. The van der Waals surface area contributed by atoms with Gasteiger partial charge in [0.1, 0.15) is 6.61 Å². The van der Waals surface area contributed by atoms with Crippen LogP contribution in [0.15, 0.2) is 30.3 Å². The molecular weight excluding hydrogens is 334 g/mol. The smallest absolute Gasteiger partial charge is 0.416 e. The molecule has 4 nitrogen and oxygen atoms in total. The Morgan fingerprint density at radius 1 is 1.29 bits per heavy atom. The molecule has 0 aromatic heterocycles. The fourth-order valence-electron chi connectivity index (χ4n) is 2.97. The van der Waals surface area contributed by atoms with Gasteiger partial charge in [0.25, 0.3) is 0 Å². The highest BCUT2D eigenvalue weighted by Gasteiger charge is 2.39. The van der Waals surface area contributed by atoms with Crippen molar-refractivity contribution in [1.29, 1.82) is 0 Å². The maximum absolute atomic E-state index is 12.4. The molecule has 1 aromatic rings. The molecule has 112 valence electrons. The summed E-state index contributed by atoms with van der Waals surface area (Å²) in [5.74, 6) is 0.301. The molecule has 1 saturated heterocycles. The molecule has 0 spiro atoms. The molecule has 1 atom stereocenters. The SMILES string of the molecule is O=C(CC1CC(Br)C1)N1C(=O)OC[C@@H]1Cc1ccccc1.